The Bertz CT molecular complexity index is 406. The minimum absolute atomic E-state index is 0.746. The molecule has 1 aromatic carbocycles. The summed E-state index contributed by atoms with van der Waals surface area (Å²) in [7, 11) is 0. The smallest absolute Gasteiger partial charge is 0.00727 e. The summed E-state index contributed by atoms with van der Waals surface area (Å²) in [5, 5.41) is 3.64. The van der Waals surface area contributed by atoms with Crippen LogP contribution in [0.1, 0.15) is 74.8 Å². The summed E-state index contributed by atoms with van der Waals surface area (Å²) in [5.41, 5.74) is 3.21. The van der Waals surface area contributed by atoms with Crippen molar-refractivity contribution in [3.05, 3.63) is 35.4 Å². The molecule has 0 radical (unpaired) electrons. The minimum atomic E-state index is 0.746. The fourth-order valence-corrected chi connectivity index (χ4v) is 3.78. The van der Waals surface area contributed by atoms with Crippen LogP contribution in [0.15, 0.2) is 24.3 Å². The van der Waals surface area contributed by atoms with Gasteiger partial charge in [0.25, 0.3) is 0 Å². The van der Waals surface area contributed by atoms with Gasteiger partial charge in [-0.2, -0.15) is 0 Å². The van der Waals surface area contributed by atoms with E-state index in [1.165, 1.54) is 44.9 Å². The fraction of sp³-hybridized carbons (Fsp3) is 0.667. The average Bonchev–Trinajstić information content (AvgIpc) is 2.38. The predicted molar refractivity (Wildman–Crippen MR) is 81.7 cm³/mol. The van der Waals surface area contributed by atoms with E-state index in [0.29, 0.717) is 0 Å². The summed E-state index contributed by atoms with van der Waals surface area (Å²) >= 11 is 0. The third kappa shape index (κ3) is 3.02. The second-order valence-corrected chi connectivity index (χ2v) is 6.42. The normalized spacial score (nSPS) is 28.1. The molecule has 0 spiro atoms. The molecule has 1 heteroatoms. The van der Waals surface area contributed by atoms with Gasteiger partial charge in [-0.25, -0.2) is 0 Å². The summed E-state index contributed by atoms with van der Waals surface area (Å²) < 4.78 is 0. The lowest BCUT2D eigenvalue weighted by atomic mass is 9.77. The first-order chi connectivity index (χ1) is 9.36. The minimum Gasteiger partial charge on any atom is -0.314 e. The van der Waals surface area contributed by atoms with Crippen molar-refractivity contribution in [2.24, 2.45) is 0 Å². The standard InChI is InChI=1S/C18H27N/c1-2-19-18-11-5-10-17(13-18)16-9-4-8-15(12-16)14-6-3-7-14/h4,8-9,12,14,17-19H,2-3,5-7,10-11,13H2,1H3. The average molecular weight is 257 g/mol. The second kappa shape index (κ2) is 6.09. The van der Waals surface area contributed by atoms with Gasteiger partial charge < -0.3 is 5.32 Å². The van der Waals surface area contributed by atoms with E-state index in [4.69, 9.17) is 0 Å². The van der Waals surface area contributed by atoms with Crippen LogP contribution < -0.4 is 5.32 Å². The molecular weight excluding hydrogens is 230 g/mol. The topological polar surface area (TPSA) is 12.0 Å². The highest BCUT2D eigenvalue weighted by molar-refractivity contribution is 5.30. The highest BCUT2D eigenvalue weighted by Gasteiger charge is 2.24. The molecule has 0 aliphatic heterocycles. The number of hydrogen-bond acceptors (Lipinski definition) is 1. The Morgan fingerprint density at radius 3 is 2.37 bits per heavy atom. The molecule has 1 nitrogen and oxygen atoms in total. The Morgan fingerprint density at radius 2 is 1.68 bits per heavy atom. The number of benzene rings is 1. The predicted octanol–water partition coefficient (Wildman–Crippen LogP) is 4.59. The van der Waals surface area contributed by atoms with E-state index in [1.807, 2.05) is 0 Å². The SMILES string of the molecule is CCNC1CCCC(c2cccc(C3CCC3)c2)C1. The lowest BCUT2D eigenvalue weighted by Crippen LogP contribution is -2.33. The van der Waals surface area contributed by atoms with Crippen molar-refractivity contribution in [3.8, 4) is 0 Å². The number of nitrogens with one attached hydrogen (secondary N) is 1. The van der Waals surface area contributed by atoms with Crippen molar-refractivity contribution in [1.82, 2.24) is 5.32 Å². The van der Waals surface area contributed by atoms with Crippen molar-refractivity contribution in [2.45, 2.75) is 69.7 Å². The highest BCUT2D eigenvalue weighted by Crippen LogP contribution is 2.39. The first kappa shape index (κ1) is 13.2. The monoisotopic (exact) mass is 257 g/mol. The largest absolute Gasteiger partial charge is 0.314 e. The quantitative estimate of drug-likeness (QED) is 0.832. The molecule has 1 aromatic rings. The van der Waals surface area contributed by atoms with Crippen LogP contribution in [0.2, 0.25) is 0 Å². The van der Waals surface area contributed by atoms with Gasteiger partial charge in [0, 0.05) is 6.04 Å². The highest BCUT2D eigenvalue weighted by atomic mass is 14.9. The third-order valence-corrected chi connectivity index (χ3v) is 5.13. The third-order valence-electron chi connectivity index (χ3n) is 5.13. The van der Waals surface area contributed by atoms with Crippen LogP contribution in [0.4, 0.5) is 0 Å². The van der Waals surface area contributed by atoms with E-state index in [2.05, 4.69) is 36.5 Å². The zero-order valence-electron chi connectivity index (χ0n) is 12.2. The van der Waals surface area contributed by atoms with Crippen molar-refractivity contribution >= 4 is 0 Å². The van der Waals surface area contributed by atoms with Crippen LogP contribution in [0, 0.1) is 0 Å². The molecule has 2 aliphatic carbocycles. The Balaban J connectivity index is 1.70. The molecule has 0 saturated heterocycles. The Labute approximate surface area is 117 Å². The lowest BCUT2D eigenvalue weighted by molar-refractivity contribution is 0.344. The van der Waals surface area contributed by atoms with Crippen molar-refractivity contribution in [1.29, 1.82) is 0 Å². The number of rotatable bonds is 4. The van der Waals surface area contributed by atoms with Gasteiger partial charge in [0.2, 0.25) is 0 Å². The van der Waals surface area contributed by atoms with Gasteiger partial charge in [-0.1, -0.05) is 44.0 Å². The molecule has 2 fully saturated rings. The van der Waals surface area contributed by atoms with E-state index < -0.39 is 0 Å². The molecule has 0 bridgehead atoms. The zero-order chi connectivity index (χ0) is 13.1. The molecule has 2 saturated carbocycles. The van der Waals surface area contributed by atoms with E-state index in [1.54, 1.807) is 11.1 Å². The summed E-state index contributed by atoms with van der Waals surface area (Å²) in [6.07, 6.45) is 9.73. The number of hydrogen-bond donors (Lipinski definition) is 1. The first-order valence-corrected chi connectivity index (χ1v) is 8.20. The van der Waals surface area contributed by atoms with E-state index >= 15 is 0 Å². The molecule has 1 N–H and O–H groups in total. The molecule has 2 atom stereocenters. The summed E-state index contributed by atoms with van der Waals surface area (Å²) in [6.45, 7) is 3.33. The fourth-order valence-electron chi connectivity index (χ4n) is 3.78. The molecule has 2 aliphatic rings. The van der Waals surface area contributed by atoms with Crippen LogP contribution in [0.25, 0.3) is 0 Å². The Hall–Kier alpha value is -0.820. The Kier molecular flexibility index (Phi) is 4.22. The molecule has 2 unspecified atom stereocenters. The van der Waals surface area contributed by atoms with Gasteiger partial charge in [0.15, 0.2) is 0 Å². The molecule has 0 heterocycles. The lowest BCUT2D eigenvalue weighted by Gasteiger charge is -2.31. The summed E-state index contributed by atoms with van der Waals surface area (Å²) in [4.78, 5) is 0. The second-order valence-electron chi connectivity index (χ2n) is 6.42. The molecule has 0 amide bonds. The van der Waals surface area contributed by atoms with Crippen LogP contribution in [-0.2, 0) is 0 Å². The zero-order valence-corrected chi connectivity index (χ0v) is 12.2. The maximum atomic E-state index is 3.64. The van der Waals surface area contributed by atoms with Crippen LogP contribution >= 0.6 is 0 Å². The maximum Gasteiger partial charge on any atom is 0.00727 e. The van der Waals surface area contributed by atoms with Crippen LogP contribution in [0.3, 0.4) is 0 Å². The van der Waals surface area contributed by atoms with Crippen molar-refractivity contribution in [2.75, 3.05) is 6.54 Å². The van der Waals surface area contributed by atoms with Gasteiger partial charge in [-0.15, -0.1) is 0 Å². The van der Waals surface area contributed by atoms with E-state index in [-0.39, 0.29) is 0 Å². The maximum absolute atomic E-state index is 3.64. The summed E-state index contributed by atoms with van der Waals surface area (Å²) in [6, 6.07) is 10.3. The van der Waals surface area contributed by atoms with Gasteiger partial charge in [0.05, 0.1) is 0 Å². The van der Waals surface area contributed by atoms with Gasteiger partial charge in [0.1, 0.15) is 0 Å². The van der Waals surface area contributed by atoms with E-state index in [9.17, 15) is 0 Å². The van der Waals surface area contributed by atoms with Gasteiger partial charge in [-0.05, 0) is 61.6 Å². The molecule has 19 heavy (non-hydrogen) atoms. The van der Waals surface area contributed by atoms with Crippen molar-refractivity contribution < 1.29 is 0 Å². The summed E-state index contributed by atoms with van der Waals surface area (Å²) in [5.74, 6) is 1.66. The first-order valence-electron chi connectivity index (χ1n) is 8.20. The molecule has 0 aromatic heterocycles. The van der Waals surface area contributed by atoms with E-state index in [0.717, 1.165) is 24.4 Å². The van der Waals surface area contributed by atoms with Gasteiger partial charge >= 0.3 is 0 Å². The van der Waals surface area contributed by atoms with Crippen LogP contribution in [-0.4, -0.2) is 12.6 Å². The van der Waals surface area contributed by atoms with Crippen LogP contribution in [0.5, 0.6) is 0 Å². The Morgan fingerprint density at radius 1 is 1.00 bits per heavy atom. The molecular formula is C18H27N. The van der Waals surface area contributed by atoms with Crippen molar-refractivity contribution in [3.63, 3.8) is 0 Å². The molecule has 104 valence electrons. The van der Waals surface area contributed by atoms with Gasteiger partial charge in [-0.3, -0.25) is 0 Å². The molecule has 3 rings (SSSR count).